The molecule has 27 heavy (non-hydrogen) atoms. The Morgan fingerprint density at radius 2 is 2.04 bits per heavy atom. The number of likely N-dealkylation sites (N-methyl/N-ethyl adjacent to an activating group) is 1. The minimum absolute atomic E-state index is 0.450. The van der Waals surface area contributed by atoms with Crippen LogP contribution in [-0.4, -0.2) is 47.2 Å². The Hall–Kier alpha value is -2.86. The van der Waals surface area contributed by atoms with Crippen molar-refractivity contribution >= 4 is 16.8 Å². The number of aromatic nitrogens is 2. The molecule has 3 aromatic rings. The minimum atomic E-state index is -0.450. The Morgan fingerprint density at radius 3 is 2.78 bits per heavy atom. The number of carbonyl (C=O) groups excluding carboxylic acids is 1. The molecule has 0 saturated carbocycles. The number of primary amides is 1. The highest BCUT2D eigenvalue weighted by Crippen LogP contribution is 2.29. The Kier molecular flexibility index (Phi) is 6.08. The highest BCUT2D eigenvalue weighted by molar-refractivity contribution is 6.00. The summed E-state index contributed by atoms with van der Waals surface area (Å²) >= 11 is 0. The summed E-state index contributed by atoms with van der Waals surface area (Å²) in [6.45, 7) is 8.01. The molecule has 3 rings (SSSR count). The fraction of sp³-hybridized carbons (Fsp3) is 0.333. The fourth-order valence-corrected chi connectivity index (χ4v) is 3.16. The molecule has 0 aliphatic rings. The van der Waals surface area contributed by atoms with Crippen molar-refractivity contribution < 1.29 is 9.53 Å². The molecule has 0 aliphatic carbocycles. The summed E-state index contributed by atoms with van der Waals surface area (Å²) in [5.41, 5.74) is 8.44. The first-order valence-corrected chi connectivity index (χ1v) is 9.36. The second-order valence-electron chi connectivity index (χ2n) is 6.51. The van der Waals surface area contributed by atoms with E-state index in [-0.39, 0.29) is 0 Å². The first kappa shape index (κ1) is 18.9. The van der Waals surface area contributed by atoms with Crippen LogP contribution in [-0.2, 0) is 0 Å². The summed E-state index contributed by atoms with van der Waals surface area (Å²) in [5.74, 6) is 0.357. The molecule has 1 aromatic heterocycles. The third-order valence-corrected chi connectivity index (χ3v) is 4.62. The Morgan fingerprint density at radius 1 is 1.19 bits per heavy atom. The number of amides is 1. The summed E-state index contributed by atoms with van der Waals surface area (Å²) in [6, 6.07) is 13.1. The molecule has 142 valence electrons. The highest BCUT2D eigenvalue weighted by Gasteiger charge is 2.11. The maximum Gasteiger partial charge on any atom is 0.248 e. The first-order chi connectivity index (χ1) is 13.1. The second-order valence-corrected chi connectivity index (χ2v) is 6.51. The van der Waals surface area contributed by atoms with Gasteiger partial charge in [-0.25, -0.2) is 0 Å². The van der Waals surface area contributed by atoms with Gasteiger partial charge < -0.3 is 15.4 Å². The number of hydrogen-bond donors (Lipinski definition) is 2. The molecule has 0 fully saturated rings. The average Bonchev–Trinajstić information content (AvgIpc) is 3.10. The zero-order chi connectivity index (χ0) is 19.2. The van der Waals surface area contributed by atoms with E-state index in [4.69, 9.17) is 10.5 Å². The van der Waals surface area contributed by atoms with Gasteiger partial charge in [0.15, 0.2) is 0 Å². The van der Waals surface area contributed by atoms with E-state index < -0.39 is 5.91 Å². The normalized spacial score (nSPS) is 11.2. The smallest absolute Gasteiger partial charge is 0.248 e. The number of hydrogen-bond acceptors (Lipinski definition) is 4. The van der Waals surface area contributed by atoms with Gasteiger partial charge >= 0.3 is 0 Å². The molecule has 1 heterocycles. The zero-order valence-electron chi connectivity index (χ0n) is 15.9. The van der Waals surface area contributed by atoms with E-state index in [0.717, 1.165) is 54.0 Å². The molecule has 0 bridgehead atoms. The number of nitrogens with one attached hydrogen (secondary N) is 1. The standard InChI is InChI=1S/C21H26N4O2/c1-3-10-25(4-2)11-12-27-17-7-5-6-15(13-17)20-18-14-16(21(22)26)8-9-19(18)23-24-20/h5-9,13-14H,3-4,10-12H2,1-2H3,(H2,22,26)(H,23,24). The van der Waals surface area contributed by atoms with E-state index >= 15 is 0 Å². The summed E-state index contributed by atoms with van der Waals surface area (Å²) in [4.78, 5) is 13.9. The summed E-state index contributed by atoms with van der Waals surface area (Å²) < 4.78 is 5.94. The van der Waals surface area contributed by atoms with Gasteiger partial charge in [0.2, 0.25) is 5.91 Å². The summed E-state index contributed by atoms with van der Waals surface area (Å²) in [6.07, 6.45) is 1.14. The number of aromatic amines is 1. The van der Waals surface area contributed by atoms with Crippen molar-refractivity contribution in [2.24, 2.45) is 5.73 Å². The third kappa shape index (κ3) is 4.46. The summed E-state index contributed by atoms with van der Waals surface area (Å²) in [7, 11) is 0. The molecule has 0 aliphatic heterocycles. The number of ether oxygens (including phenoxy) is 1. The van der Waals surface area contributed by atoms with Crippen molar-refractivity contribution in [1.82, 2.24) is 15.1 Å². The van der Waals surface area contributed by atoms with Crippen molar-refractivity contribution in [2.75, 3.05) is 26.2 Å². The molecule has 6 nitrogen and oxygen atoms in total. The number of H-pyrrole nitrogens is 1. The van der Waals surface area contributed by atoms with Crippen LogP contribution in [0.4, 0.5) is 0 Å². The molecule has 0 saturated heterocycles. The van der Waals surface area contributed by atoms with E-state index in [1.54, 1.807) is 12.1 Å². The van der Waals surface area contributed by atoms with Gasteiger partial charge in [-0.1, -0.05) is 26.0 Å². The molecule has 0 radical (unpaired) electrons. The lowest BCUT2D eigenvalue weighted by Gasteiger charge is -2.19. The van der Waals surface area contributed by atoms with Crippen LogP contribution < -0.4 is 10.5 Å². The van der Waals surface area contributed by atoms with Crippen molar-refractivity contribution in [1.29, 1.82) is 0 Å². The van der Waals surface area contributed by atoms with Crippen LogP contribution in [0.2, 0.25) is 0 Å². The van der Waals surface area contributed by atoms with Gasteiger partial charge in [0.1, 0.15) is 18.1 Å². The SMILES string of the molecule is CCCN(CC)CCOc1cccc(-c2n[nH]c3ccc(C(N)=O)cc23)c1. The zero-order valence-corrected chi connectivity index (χ0v) is 15.9. The molecule has 3 N–H and O–H groups in total. The van der Waals surface area contributed by atoms with E-state index in [1.165, 1.54) is 0 Å². The largest absolute Gasteiger partial charge is 0.492 e. The molecular formula is C21H26N4O2. The predicted octanol–water partition coefficient (Wildman–Crippen LogP) is 3.44. The lowest BCUT2D eigenvalue weighted by molar-refractivity contribution is 0.100. The van der Waals surface area contributed by atoms with Gasteiger partial charge in [-0.2, -0.15) is 5.10 Å². The highest BCUT2D eigenvalue weighted by atomic mass is 16.5. The Balaban J connectivity index is 1.78. The number of fused-ring (bicyclic) bond motifs is 1. The van der Waals surface area contributed by atoms with Crippen molar-refractivity contribution in [3.63, 3.8) is 0 Å². The topological polar surface area (TPSA) is 84.2 Å². The molecule has 0 atom stereocenters. The summed E-state index contributed by atoms with van der Waals surface area (Å²) in [5, 5.41) is 8.28. The monoisotopic (exact) mass is 366 g/mol. The molecule has 6 heteroatoms. The first-order valence-electron chi connectivity index (χ1n) is 9.36. The Labute approximate surface area is 159 Å². The maximum absolute atomic E-state index is 11.5. The van der Waals surface area contributed by atoms with Crippen LogP contribution in [0.3, 0.4) is 0 Å². The number of benzene rings is 2. The fourth-order valence-electron chi connectivity index (χ4n) is 3.16. The van der Waals surface area contributed by atoms with E-state index in [2.05, 4.69) is 28.9 Å². The lowest BCUT2D eigenvalue weighted by Crippen LogP contribution is -2.28. The quantitative estimate of drug-likeness (QED) is 0.607. The van der Waals surface area contributed by atoms with E-state index in [1.807, 2.05) is 30.3 Å². The maximum atomic E-state index is 11.5. The minimum Gasteiger partial charge on any atom is -0.492 e. The van der Waals surface area contributed by atoms with Crippen LogP contribution in [0.25, 0.3) is 22.2 Å². The van der Waals surface area contributed by atoms with Gasteiger partial charge in [-0.3, -0.25) is 9.89 Å². The van der Waals surface area contributed by atoms with Gasteiger partial charge in [0.05, 0.1) is 5.52 Å². The lowest BCUT2D eigenvalue weighted by atomic mass is 10.1. The van der Waals surface area contributed by atoms with E-state index in [9.17, 15) is 4.79 Å². The molecule has 2 aromatic carbocycles. The molecular weight excluding hydrogens is 340 g/mol. The number of carbonyl (C=O) groups is 1. The van der Waals surface area contributed by atoms with Crippen molar-refractivity contribution in [3.05, 3.63) is 48.0 Å². The van der Waals surface area contributed by atoms with Crippen LogP contribution >= 0.6 is 0 Å². The molecule has 0 unspecified atom stereocenters. The third-order valence-electron chi connectivity index (χ3n) is 4.62. The van der Waals surface area contributed by atoms with Gasteiger partial charge in [-0.15, -0.1) is 0 Å². The van der Waals surface area contributed by atoms with Crippen LogP contribution in [0.15, 0.2) is 42.5 Å². The van der Waals surface area contributed by atoms with E-state index in [0.29, 0.717) is 12.2 Å². The Bertz CT molecular complexity index is 919. The molecule has 1 amide bonds. The van der Waals surface area contributed by atoms with Crippen molar-refractivity contribution in [2.45, 2.75) is 20.3 Å². The second kappa shape index (κ2) is 8.68. The molecule has 0 spiro atoms. The van der Waals surface area contributed by atoms with Gasteiger partial charge in [-0.05, 0) is 49.8 Å². The van der Waals surface area contributed by atoms with Crippen LogP contribution in [0.5, 0.6) is 5.75 Å². The van der Waals surface area contributed by atoms with Crippen LogP contribution in [0, 0.1) is 0 Å². The number of nitrogens with two attached hydrogens (primary N) is 1. The van der Waals surface area contributed by atoms with Crippen molar-refractivity contribution in [3.8, 4) is 17.0 Å². The predicted molar refractivity (Wildman–Crippen MR) is 108 cm³/mol. The van der Waals surface area contributed by atoms with Gasteiger partial charge in [0.25, 0.3) is 0 Å². The average molecular weight is 366 g/mol. The number of nitrogens with zero attached hydrogens (tertiary/aromatic N) is 2. The van der Waals surface area contributed by atoms with Crippen LogP contribution in [0.1, 0.15) is 30.6 Å². The number of rotatable bonds is 9. The van der Waals surface area contributed by atoms with Gasteiger partial charge in [0, 0.05) is 23.1 Å².